The lowest BCUT2D eigenvalue weighted by molar-refractivity contribution is 0.274. The lowest BCUT2D eigenvalue weighted by atomic mass is 10.4. The smallest absolute Gasteiger partial charge is 0.112 e. The van der Waals surface area contributed by atoms with Gasteiger partial charge in [0.25, 0.3) is 0 Å². The number of hydrogen-bond acceptors (Lipinski definition) is 3. The van der Waals surface area contributed by atoms with E-state index in [0.29, 0.717) is 0 Å². The Morgan fingerprint density at radius 2 is 2.50 bits per heavy atom. The van der Waals surface area contributed by atoms with E-state index in [-0.39, 0.29) is 6.61 Å². The standard InChI is InChI=1S/C3H7NO2/c1-3(2-5)4-6/h3,5H,2H2,1H3/t3-/m1/s1. The number of nitroso groups, excluding NO2 is 1. The molecule has 0 rings (SSSR count). The van der Waals surface area contributed by atoms with Crippen molar-refractivity contribution >= 4 is 0 Å². The van der Waals surface area contributed by atoms with Crippen molar-refractivity contribution in [3.63, 3.8) is 0 Å². The van der Waals surface area contributed by atoms with Gasteiger partial charge in [-0.2, -0.15) is 4.91 Å². The molecule has 0 amide bonds. The summed E-state index contributed by atoms with van der Waals surface area (Å²) < 4.78 is 0. The first kappa shape index (κ1) is 5.56. The van der Waals surface area contributed by atoms with E-state index in [1.807, 2.05) is 0 Å². The first-order chi connectivity index (χ1) is 2.81. The third kappa shape index (κ3) is 1.84. The molecule has 3 nitrogen and oxygen atoms in total. The maximum absolute atomic E-state index is 9.33. The van der Waals surface area contributed by atoms with Crippen LogP contribution >= 0.6 is 0 Å². The summed E-state index contributed by atoms with van der Waals surface area (Å²) >= 11 is 0. The van der Waals surface area contributed by atoms with Crippen LogP contribution in [0.4, 0.5) is 0 Å². The monoisotopic (exact) mass is 89.0 g/mol. The molecule has 0 aliphatic carbocycles. The Bertz CT molecular complexity index is 46.1. The molecule has 0 aliphatic rings. The highest BCUT2D eigenvalue weighted by atomic mass is 16.3. The van der Waals surface area contributed by atoms with Crippen LogP contribution in [0.1, 0.15) is 6.92 Å². The van der Waals surface area contributed by atoms with E-state index in [1.54, 1.807) is 6.92 Å². The summed E-state index contributed by atoms with van der Waals surface area (Å²) in [5.41, 5.74) is 0. The molecule has 0 unspecified atom stereocenters. The van der Waals surface area contributed by atoms with Gasteiger partial charge in [0.1, 0.15) is 6.04 Å². The minimum absolute atomic E-state index is 0.149. The zero-order valence-corrected chi connectivity index (χ0v) is 3.59. The second kappa shape index (κ2) is 2.78. The van der Waals surface area contributed by atoms with E-state index in [4.69, 9.17) is 5.11 Å². The lowest BCUT2D eigenvalue weighted by Crippen LogP contribution is -2.00. The fourth-order valence-corrected chi connectivity index (χ4v) is 0.0333. The van der Waals surface area contributed by atoms with Gasteiger partial charge in [0.15, 0.2) is 0 Å². The Labute approximate surface area is 36.0 Å². The first-order valence-corrected chi connectivity index (χ1v) is 1.74. The molecule has 0 radical (unpaired) electrons. The maximum Gasteiger partial charge on any atom is 0.112 e. The highest BCUT2D eigenvalue weighted by Gasteiger charge is 1.91. The molecule has 0 aromatic heterocycles. The van der Waals surface area contributed by atoms with Crippen molar-refractivity contribution in [1.82, 2.24) is 0 Å². The van der Waals surface area contributed by atoms with E-state index in [0.717, 1.165) is 0 Å². The number of hydrogen-bond donors (Lipinski definition) is 1. The molecule has 0 aromatic rings. The average Bonchev–Trinajstić information content (AvgIpc) is 1.65. The van der Waals surface area contributed by atoms with Crippen LogP contribution in [0, 0.1) is 4.91 Å². The van der Waals surface area contributed by atoms with Crippen molar-refractivity contribution < 1.29 is 5.11 Å². The molecule has 0 saturated carbocycles. The average molecular weight is 89.1 g/mol. The van der Waals surface area contributed by atoms with Crippen LogP contribution in [-0.2, 0) is 0 Å². The topological polar surface area (TPSA) is 49.7 Å². The Kier molecular flexibility index (Phi) is 2.58. The van der Waals surface area contributed by atoms with Crippen molar-refractivity contribution in [2.75, 3.05) is 6.61 Å². The summed E-state index contributed by atoms with van der Waals surface area (Å²) in [4.78, 5) is 9.33. The van der Waals surface area contributed by atoms with E-state index in [2.05, 4.69) is 5.18 Å². The zero-order valence-electron chi connectivity index (χ0n) is 3.59. The van der Waals surface area contributed by atoms with Gasteiger partial charge in [-0.25, -0.2) is 0 Å². The maximum atomic E-state index is 9.33. The summed E-state index contributed by atoms with van der Waals surface area (Å²) in [6.45, 7) is 1.40. The quantitative estimate of drug-likeness (QED) is 0.489. The highest BCUT2D eigenvalue weighted by molar-refractivity contribution is 4.51. The Morgan fingerprint density at radius 1 is 2.00 bits per heavy atom. The summed E-state index contributed by atoms with van der Waals surface area (Å²) in [6, 6.07) is -0.440. The predicted molar refractivity (Wildman–Crippen MR) is 22.3 cm³/mol. The van der Waals surface area contributed by atoms with Gasteiger partial charge >= 0.3 is 0 Å². The van der Waals surface area contributed by atoms with Crippen LogP contribution in [0.2, 0.25) is 0 Å². The Balaban J connectivity index is 2.96. The number of aliphatic hydroxyl groups excluding tert-OH is 1. The lowest BCUT2D eigenvalue weighted by Gasteiger charge is -1.88. The molecule has 0 fully saturated rings. The molecule has 0 saturated heterocycles. The van der Waals surface area contributed by atoms with Gasteiger partial charge in [-0.05, 0) is 6.92 Å². The van der Waals surface area contributed by atoms with Gasteiger partial charge in [0, 0.05) is 0 Å². The summed E-state index contributed by atoms with van der Waals surface area (Å²) in [5.74, 6) is 0. The third-order valence-electron chi connectivity index (χ3n) is 0.444. The highest BCUT2D eigenvalue weighted by Crippen LogP contribution is 1.80. The molecule has 1 N–H and O–H groups in total. The number of aliphatic hydroxyl groups is 1. The van der Waals surface area contributed by atoms with E-state index >= 15 is 0 Å². The van der Waals surface area contributed by atoms with Crippen molar-refractivity contribution in [2.24, 2.45) is 5.18 Å². The van der Waals surface area contributed by atoms with Gasteiger partial charge in [0.05, 0.1) is 6.61 Å². The number of nitrogens with zero attached hydrogens (tertiary/aromatic N) is 1. The van der Waals surface area contributed by atoms with E-state index < -0.39 is 6.04 Å². The molecule has 0 heterocycles. The minimum atomic E-state index is -0.440. The van der Waals surface area contributed by atoms with Crippen LogP contribution in [0.25, 0.3) is 0 Å². The summed E-state index contributed by atoms with van der Waals surface area (Å²) in [5, 5.41) is 10.5. The van der Waals surface area contributed by atoms with Crippen LogP contribution < -0.4 is 0 Å². The molecule has 0 spiro atoms. The normalized spacial score (nSPS) is 13.7. The minimum Gasteiger partial charge on any atom is -0.394 e. The van der Waals surface area contributed by atoms with Crippen molar-refractivity contribution in [3.8, 4) is 0 Å². The predicted octanol–water partition coefficient (Wildman–Crippen LogP) is 0.134. The SMILES string of the molecule is C[C@H](CO)N=O. The van der Waals surface area contributed by atoms with Crippen molar-refractivity contribution in [2.45, 2.75) is 13.0 Å². The Morgan fingerprint density at radius 3 is 2.50 bits per heavy atom. The largest absolute Gasteiger partial charge is 0.394 e. The van der Waals surface area contributed by atoms with Gasteiger partial charge < -0.3 is 5.11 Å². The second-order valence-corrected chi connectivity index (χ2v) is 1.14. The zero-order chi connectivity index (χ0) is 4.99. The van der Waals surface area contributed by atoms with Crippen molar-refractivity contribution in [1.29, 1.82) is 0 Å². The van der Waals surface area contributed by atoms with Crippen LogP contribution in [-0.4, -0.2) is 17.8 Å². The molecular formula is C3H7NO2. The van der Waals surface area contributed by atoms with Gasteiger partial charge in [-0.1, -0.05) is 5.18 Å². The summed E-state index contributed by atoms with van der Waals surface area (Å²) in [7, 11) is 0. The van der Waals surface area contributed by atoms with Crippen LogP contribution in [0.5, 0.6) is 0 Å². The Hall–Kier alpha value is -0.440. The van der Waals surface area contributed by atoms with E-state index in [1.165, 1.54) is 0 Å². The van der Waals surface area contributed by atoms with Gasteiger partial charge in [0.2, 0.25) is 0 Å². The molecular weight excluding hydrogens is 82.0 g/mol. The first-order valence-electron chi connectivity index (χ1n) is 1.74. The molecule has 0 bridgehead atoms. The van der Waals surface area contributed by atoms with E-state index in [9.17, 15) is 4.91 Å². The summed E-state index contributed by atoms with van der Waals surface area (Å²) in [6.07, 6.45) is 0. The molecule has 6 heavy (non-hydrogen) atoms. The van der Waals surface area contributed by atoms with Crippen molar-refractivity contribution in [3.05, 3.63) is 4.91 Å². The van der Waals surface area contributed by atoms with Gasteiger partial charge in [-0.3, -0.25) is 0 Å². The molecule has 1 atom stereocenters. The number of rotatable bonds is 2. The molecule has 0 aliphatic heterocycles. The van der Waals surface area contributed by atoms with Crippen LogP contribution in [0.3, 0.4) is 0 Å². The second-order valence-electron chi connectivity index (χ2n) is 1.14. The third-order valence-corrected chi connectivity index (χ3v) is 0.444. The van der Waals surface area contributed by atoms with Crippen LogP contribution in [0.15, 0.2) is 5.18 Å². The molecule has 3 heteroatoms. The molecule has 0 aromatic carbocycles. The molecule has 36 valence electrons. The fourth-order valence-electron chi connectivity index (χ4n) is 0.0333. The van der Waals surface area contributed by atoms with Gasteiger partial charge in [-0.15, -0.1) is 0 Å². The fraction of sp³-hybridized carbons (Fsp3) is 1.00.